The molecular formula is C11H11N3O. The number of hydrazone groups is 1. The summed E-state index contributed by atoms with van der Waals surface area (Å²) >= 11 is 0. The van der Waals surface area contributed by atoms with Crippen molar-refractivity contribution in [3.05, 3.63) is 36.2 Å². The van der Waals surface area contributed by atoms with E-state index in [0.717, 1.165) is 11.3 Å². The first-order valence-corrected chi connectivity index (χ1v) is 4.78. The molecule has 0 saturated heterocycles. The Labute approximate surface area is 87.7 Å². The van der Waals surface area contributed by atoms with Crippen LogP contribution < -0.4 is 5.43 Å². The minimum atomic E-state index is -0.0175. The van der Waals surface area contributed by atoms with E-state index in [-0.39, 0.29) is 5.91 Å². The maximum Gasteiger partial charge on any atom is 0.240 e. The Morgan fingerprint density at radius 3 is 2.67 bits per heavy atom. The molecule has 0 fully saturated rings. The smallest absolute Gasteiger partial charge is 0.240 e. The Morgan fingerprint density at radius 2 is 2.00 bits per heavy atom. The van der Waals surface area contributed by atoms with Crippen molar-refractivity contribution in [2.24, 2.45) is 5.10 Å². The van der Waals surface area contributed by atoms with Gasteiger partial charge in [-0.1, -0.05) is 6.08 Å². The Morgan fingerprint density at radius 1 is 1.20 bits per heavy atom. The molecule has 1 aliphatic rings. The van der Waals surface area contributed by atoms with Gasteiger partial charge in [-0.05, 0) is 23.8 Å². The summed E-state index contributed by atoms with van der Waals surface area (Å²) < 4.78 is 0. The van der Waals surface area contributed by atoms with Crippen LogP contribution >= 0.6 is 0 Å². The van der Waals surface area contributed by atoms with Crippen LogP contribution in [0.15, 0.2) is 35.7 Å². The number of nitrogens with zero attached hydrogens (tertiary/aromatic N) is 2. The lowest BCUT2D eigenvalue weighted by Crippen LogP contribution is -2.24. The van der Waals surface area contributed by atoms with Gasteiger partial charge in [0, 0.05) is 25.2 Å². The lowest BCUT2D eigenvalue weighted by atomic mass is 10.1. The van der Waals surface area contributed by atoms with Crippen LogP contribution in [0.1, 0.15) is 18.4 Å². The molecule has 2 rings (SSSR count). The van der Waals surface area contributed by atoms with Gasteiger partial charge in [-0.15, -0.1) is 0 Å². The quantitative estimate of drug-likeness (QED) is 0.785. The van der Waals surface area contributed by atoms with E-state index in [1.54, 1.807) is 12.4 Å². The van der Waals surface area contributed by atoms with E-state index in [1.165, 1.54) is 0 Å². The fraction of sp³-hybridized carbons (Fsp3) is 0.182. The van der Waals surface area contributed by atoms with Gasteiger partial charge in [0.1, 0.15) is 0 Å². The Kier molecular flexibility index (Phi) is 2.88. The molecule has 4 heteroatoms. The summed E-state index contributed by atoms with van der Waals surface area (Å²) in [6.45, 7) is 0. The van der Waals surface area contributed by atoms with Gasteiger partial charge >= 0.3 is 0 Å². The molecule has 0 radical (unpaired) electrons. The molecule has 1 aromatic rings. The number of amides is 1. The zero-order chi connectivity index (χ0) is 10.5. The largest absolute Gasteiger partial charge is 0.273 e. The summed E-state index contributed by atoms with van der Waals surface area (Å²) in [7, 11) is 0. The van der Waals surface area contributed by atoms with E-state index in [4.69, 9.17) is 0 Å². The van der Waals surface area contributed by atoms with Gasteiger partial charge in [0.2, 0.25) is 5.91 Å². The van der Waals surface area contributed by atoms with E-state index < -0.39 is 0 Å². The van der Waals surface area contributed by atoms with Crippen molar-refractivity contribution in [3.8, 4) is 0 Å². The molecule has 4 nitrogen and oxygen atoms in total. The fourth-order valence-corrected chi connectivity index (χ4v) is 1.28. The highest BCUT2D eigenvalue weighted by Gasteiger charge is 2.08. The van der Waals surface area contributed by atoms with Crippen molar-refractivity contribution >= 4 is 17.7 Å². The monoisotopic (exact) mass is 201 g/mol. The van der Waals surface area contributed by atoms with Gasteiger partial charge in [0.25, 0.3) is 0 Å². The number of rotatable bonds is 2. The minimum Gasteiger partial charge on any atom is -0.273 e. The lowest BCUT2D eigenvalue weighted by molar-refractivity contribution is -0.121. The van der Waals surface area contributed by atoms with Gasteiger partial charge in [-0.3, -0.25) is 9.78 Å². The van der Waals surface area contributed by atoms with Crippen molar-refractivity contribution in [3.63, 3.8) is 0 Å². The van der Waals surface area contributed by atoms with Gasteiger partial charge in [0.15, 0.2) is 0 Å². The molecule has 2 heterocycles. The van der Waals surface area contributed by atoms with E-state index in [0.29, 0.717) is 12.8 Å². The Bertz CT molecular complexity index is 409. The summed E-state index contributed by atoms with van der Waals surface area (Å²) in [6.07, 6.45) is 8.56. The molecule has 15 heavy (non-hydrogen) atoms. The summed E-state index contributed by atoms with van der Waals surface area (Å²) in [4.78, 5) is 14.8. The second kappa shape index (κ2) is 4.50. The highest BCUT2D eigenvalue weighted by molar-refractivity contribution is 6.02. The van der Waals surface area contributed by atoms with Gasteiger partial charge < -0.3 is 0 Å². The second-order valence-electron chi connectivity index (χ2n) is 3.25. The van der Waals surface area contributed by atoms with Crippen LogP contribution in [0.25, 0.3) is 6.08 Å². The zero-order valence-electron chi connectivity index (χ0n) is 8.18. The Balaban J connectivity index is 2.03. The third kappa shape index (κ3) is 2.74. The molecule has 0 saturated carbocycles. The highest BCUT2D eigenvalue weighted by atomic mass is 16.2. The van der Waals surface area contributed by atoms with Gasteiger partial charge in [-0.2, -0.15) is 5.10 Å². The average Bonchev–Trinajstić information content (AvgIpc) is 2.30. The molecule has 0 aromatic carbocycles. The SMILES string of the molecule is O=C1CCC(/C=C/c2ccncc2)=NN1. The number of hydrogen-bond donors (Lipinski definition) is 1. The first kappa shape index (κ1) is 9.58. The highest BCUT2D eigenvalue weighted by Crippen LogP contribution is 2.04. The average molecular weight is 201 g/mol. The lowest BCUT2D eigenvalue weighted by Gasteiger charge is -2.07. The van der Waals surface area contributed by atoms with E-state index in [9.17, 15) is 4.79 Å². The number of carbonyl (C=O) groups is 1. The van der Waals surface area contributed by atoms with E-state index >= 15 is 0 Å². The van der Waals surface area contributed by atoms with Crippen LogP contribution in [0.5, 0.6) is 0 Å². The first-order chi connectivity index (χ1) is 7.34. The van der Waals surface area contributed by atoms with Crippen LogP contribution in [0, 0.1) is 0 Å². The third-order valence-corrected chi connectivity index (χ3v) is 2.11. The molecule has 76 valence electrons. The number of aromatic nitrogens is 1. The molecule has 1 N–H and O–H groups in total. The molecule has 1 amide bonds. The van der Waals surface area contributed by atoms with Gasteiger partial charge in [-0.25, -0.2) is 5.43 Å². The van der Waals surface area contributed by atoms with E-state index in [1.807, 2.05) is 24.3 Å². The maximum atomic E-state index is 10.8. The van der Waals surface area contributed by atoms with Crippen LogP contribution in [-0.2, 0) is 4.79 Å². The molecule has 0 aliphatic carbocycles. The molecular weight excluding hydrogens is 190 g/mol. The minimum absolute atomic E-state index is 0.0175. The fourth-order valence-electron chi connectivity index (χ4n) is 1.28. The third-order valence-electron chi connectivity index (χ3n) is 2.11. The molecule has 1 aromatic heterocycles. The summed E-state index contributed by atoms with van der Waals surface area (Å²) in [5.41, 5.74) is 4.42. The predicted octanol–water partition coefficient (Wildman–Crippen LogP) is 1.36. The number of pyridine rings is 1. The van der Waals surface area contributed by atoms with Crippen molar-refractivity contribution < 1.29 is 4.79 Å². The van der Waals surface area contributed by atoms with E-state index in [2.05, 4.69) is 15.5 Å². The topological polar surface area (TPSA) is 54.4 Å². The molecule has 0 bridgehead atoms. The molecule has 0 spiro atoms. The van der Waals surface area contributed by atoms with Crippen LogP contribution in [0.4, 0.5) is 0 Å². The predicted molar refractivity (Wildman–Crippen MR) is 58.1 cm³/mol. The standard InChI is InChI=1S/C11H11N3O/c15-11-4-3-10(13-14-11)2-1-9-5-7-12-8-6-9/h1-2,5-8H,3-4H2,(H,14,15)/b2-1+. The molecule has 0 atom stereocenters. The maximum absolute atomic E-state index is 10.8. The second-order valence-corrected chi connectivity index (χ2v) is 3.25. The summed E-state index contributed by atoms with van der Waals surface area (Å²) in [5, 5.41) is 3.94. The number of carbonyl (C=O) groups excluding carboxylic acids is 1. The first-order valence-electron chi connectivity index (χ1n) is 4.78. The Hall–Kier alpha value is -1.97. The van der Waals surface area contributed by atoms with Crippen molar-refractivity contribution in [1.29, 1.82) is 0 Å². The van der Waals surface area contributed by atoms with Crippen molar-refractivity contribution in [2.45, 2.75) is 12.8 Å². The zero-order valence-corrected chi connectivity index (χ0v) is 8.18. The van der Waals surface area contributed by atoms with Crippen molar-refractivity contribution in [1.82, 2.24) is 10.4 Å². The summed E-state index contributed by atoms with van der Waals surface area (Å²) in [6, 6.07) is 3.83. The number of allylic oxidation sites excluding steroid dienone is 1. The normalized spacial score (nSPS) is 16.3. The van der Waals surface area contributed by atoms with Crippen LogP contribution in [0.3, 0.4) is 0 Å². The van der Waals surface area contributed by atoms with Crippen LogP contribution in [-0.4, -0.2) is 16.6 Å². The summed E-state index contributed by atoms with van der Waals surface area (Å²) in [5.74, 6) is -0.0175. The molecule has 0 unspecified atom stereocenters. The van der Waals surface area contributed by atoms with Crippen molar-refractivity contribution in [2.75, 3.05) is 0 Å². The number of nitrogens with one attached hydrogen (secondary N) is 1. The number of hydrogen-bond acceptors (Lipinski definition) is 3. The molecule has 1 aliphatic heterocycles. The van der Waals surface area contributed by atoms with Gasteiger partial charge in [0.05, 0.1) is 5.71 Å². The van der Waals surface area contributed by atoms with Crippen LogP contribution in [0.2, 0.25) is 0 Å².